The number of unbranched alkanes of at least 4 members (excludes halogenated alkanes) is 2. The predicted octanol–water partition coefficient (Wildman–Crippen LogP) is 2.87. The summed E-state index contributed by atoms with van der Waals surface area (Å²) in [7, 11) is 0. The number of nitrogen functional groups attached to an aromatic ring is 1. The summed E-state index contributed by atoms with van der Waals surface area (Å²) in [4.78, 5) is 27.6. The molecule has 6 nitrogen and oxygen atoms in total. The number of aromatic nitrogens is 1. The summed E-state index contributed by atoms with van der Waals surface area (Å²) in [5.41, 5.74) is 7.96. The van der Waals surface area contributed by atoms with E-state index in [1.165, 1.54) is 0 Å². The number of benzene rings is 1. The molecule has 0 bridgehead atoms. The number of carbonyl (C=O) groups is 2. The van der Waals surface area contributed by atoms with Gasteiger partial charge in [0, 0.05) is 31.8 Å². The van der Waals surface area contributed by atoms with E-state index in [0.29, 0.717) is 30.8 Å². The fraction of sp³-hybridized carbons (Fsp3) is 0.316. The Bertz CT molecular complexity index is 689. The van der Waals surface area contributed by atoms with Crippen molar-refractivity contribution >= 4 is 23.2 Å². The molecule has 0 saturated carbocycles. The number of nitrogens with two attached hydrogens (primary N) is 1. The van der Waals surface area contributed by atoms with E-state index in [2.05, 4.69) is 15.6 Å². The molecule has 2 rings (SSSR count). The third-order valence-corrected chi connectivity index (χ3v) is 3.76. The van der Waals surface area contributed by atoms with Crippen LogP contribution in [0.2, 0.25) is 0 Å². The molecule has 1 aromatic heterocycles. The lowest BCUT2D eigenvalue weighted by atomic mass is 10.1. The number of carbonyl (C=O) groups excluding carboxylic acids is 2. The Balaban J connectivity index is 1.54. The first-order chi connectivity index (χ1) is 12.1. The lowest BCUT2D eigenvalue weighted by molar-refractivity contribution is -0.121. The highest BCUT2D eigenvalue weighted by Crippen LogP contribution is 2.17. The molecule has 2 amide bonds. The van der Waals surface area contributed by atoms with Crippen LogP contribution in [0.15, 0.2) is 48.8 Å². The van der Waals surface area contributed by atoms with Crippen molar-refractivity contribution in [2.45, 2.75) is 38.6 Å². The van der Waals surface area contributed by atoms with E-state index in [4.69, 9.17) is 5.73 Å². The minimum atomic E-state index is -0.0565. The first-order valence-corrected chi connectivity index (χ1v) is 8.45. The minimum Gasteiger partial charge on any atom is -0.397 e. The molecular weight excluding hydrogens is 316 g/mol. The Kier molecular flexibility index (Phi) is 7.43. The molecule has 0 atom stereocenters. The Hall–Kier alpha value is -2.89. The van der Waals surface area contributed by atoms with Gasteiger partial charge in [0.05, 0.1) is 11.4 Å². The lowest BCUT2D eigenvalue weighted by Gasteiger charge is -2.08. The second-order valence-electron chi connectivity index (χ2n) is 5.83. The van der Waals surface area contributed by atoms with Gasteiger partial charge in [-0.3, -0.25) is 14.6 Å². The van der Waals surface area contributed by atoms with E-state index in [9.17, 15) is 9.59 Å². The fourth-order valence-electron chi connectivity index (χ4n) is 2.36. The van der Waals surface area contributed by atoms with Gasteiger partial charge in [-0.05, 0) is 36.6 Å². The maximum absolute atomic E-state index is 11.9. The number of nitrogens with one attached hydrogen (secondary N) is 2. The van der Waals surface area contributed by atoms with Crippen LogP contribution in [-0.4, -0.2) is 16.8 Å². The van der Waals surface area contributed by atoms with Crippen LogP contribution in [0.3, 0.4) is 0 Å². The molecule has 2 aromatic rings. The molecular formula is C19H24N4O2. The number of hydrogen-bond acceptors (Lipinski definition) is 4. The van der Waals surface area contributed by atoms with Gasteiger partial charge >= 0.3 is 0 Å². The molecule has 0 saturated heterocycles. The fourth-order valence-corrected chi connectivity index (χ4v) is 2.36. The van der Waals surface area contributed by atoms with E-state index in [1.54, 1.807) is 24.5 Å². The van der Waals surface area contributed by atoms with Crippen molar-refractivity contribution in [3.8, 4) is 0 Å². The number of anilines is 2. The average molecular weight is 340 g/mol. The molecule has 0 spiro atoms. The third kappa shape index (κ3) is 7.03. The molecule has 0 radical (unpaired) electrons. The van der Waals surface area contributed by atoms with Crippen LogP contribution in [0.1, 0.15) is 37.7 Å². The Labute approximate surface area is 147 Å². The molecule has 0 aliphatic heterocycles. The lowest BCUT2D eigenvalue weighted by Crippen LogP contribution is -2.22. The van der Waals surface area contributed by atoms with Crippen LogP contribution in [0.25, 0.3) is 0 Å². The number of hydrogen-bond donors (Lipinski definition) is 3. The zero-order valence-corrected chi connectivity index (χ0v) is 14.2. The maximum Gasteiger partial charge on any atom is 0.224 e. The van der Waals surface area contributed by atoms with Crippen molar-refractivity contribution in [3.63, 3.8) is 0 Å². The van der Waals surface area contributed by atoms with E-state index in [1.807, 2.05) is 24.3 Å². The second-order valence-corrected chi connectivity index (χ2v) is 5.83. The molecule has 0 fully saturated rings. The first kappa shape index (κ1) is 18.4. The van der Waals surface area contributed by atoms with Crippen molar-refractivity contribution in [1.82, 2.24) is 10.3 Å². The molecule has 4 N–H and O–H groups in total. The highest BCUT2D eigenvalue weighted by Gasteiger charge is 2.05. The number of nitrogens with zero attached hydrogens (tertiary/aromatic N) is 1. The SMILES string of the molecule is Nc1ccccc1NC(=O)CCCCCC(=O)NCc1cccnc1. The highest BCUT2D eigenvalue weighted by molar-refractivity contribution is 5.93. The van der Waals surface area contributed by atoms with Crippen molar-refractivity contribution in [2.24, 2.45) is 0 Å². The largest absolute Gasteiger partial charge is 0.397 e. The van der Waals surface area contributed by atoms with Crippen molar-refractivity contribution in [3.05, 3.63) is 54.4 Å². The molecule has 0 aliphatic rings. The van der Waals surface area contributed by atoms with Gasteiger partial charge in [0.25, 0.3) is 0 Å². The average Bonchev–Trinajstić information content (AvgIpc) is 2.62. The summed E-state index contributed by atoms with van der Waals surface area (Å²) in [6.45, 7) is 0.494. The monoisotopic (exact) mass is 340 g/mol. The second kappa shape index (κ2) is 10.1. The normalized spacial score (nSPS) is 10.2. The van der Waals surface area contributed by atoms with E-state index < -0.39 is 0 Å². The Morgan fingerprint density at radius 3 is 2.44 bits per heavy atom. The van der Waals surface area contributed by atoms with Crippen LogP contribution < -0.4 is 16.4 Å². The molecule has 6 heteroatoms. The van der Waals surface area contributed by atoms with E-state index in [-0.39, 0.29) is 11.8 Å². The van der Waals surface area contributed by atoms with E-state index >= 15 is 0 Å². The van der Waals surface area contributed by atoms with Gasteiger partial charge in [-0.2, -0.15) is 0 Å². The summed E-state index contributed by atoms with van der Waals surface area (Å²) >= 11 is 0. The van der Waals surface area contributed by atoms with Crippen LogP contribution in [0.5, 0.6) is 0 Å². The summed E-state index contributed by atoms with van der Waals surface area (Å²) in [6, 6.07) is 10.9. The molecule has 1 aromatic carbocycles. The van der Waals surface area contributed by atoms with Crippen molar-refractivity contribution < 1.29 is 9.59 Å². The predicted molar refractivity (Wildman–Crippen MR) is 98.7 cm³/mol. The number of amides is 2. The van der Waals surface area contributed by atoms with Gasteiger partial charge < -0.3 is 16.4 Å². The number of para-hydroxylation sites is 2. The van der Waals surface area contributed by atoms with Crippen molar-refractivity contribution in [1.29, 1.82) is 0 Å². The van der Waals surface area contributed by atoms with Crippen LogP contribution >= 0.6 is 0 Å². The van der Waals surface area contributed by atoms with Gasteiger partial charge in [-0.1, -0.05) is 24.6 Å². The van der Waals surface area contributed by atoms with E-state index in [0.717, 1.165) is 24.8 Å². The molecule has 1 heterocycles. The van der Waals surface area contributed by atoms with Crippen LogP contribution in [0, 0.1) is 0 Å². The maximum atomic E-state index is 11.9. The topological polar surface area (TPSA) is 97.1 Å². The van der Waals surface area contributed by atoms with Gasteiger partial charge in [-0.25, -0.2) is 0 Å². The van der Waals surface area contributed by atoms with Gasteiger partial charge in [0.1, 0.15) is 0 Å². The molecule has 0 unspecified atom stereocenters. The smallest absolute Gasteiger partial charge is 0.224 e. The van der Waals surface area contributed by atoms with Gasteiger partial charge in [-0.15, -0.1) is 0 Å². The molecule has 0 aliphatic carbocycles. The van der Waals surface area contributed by atoms with Gasteiger partial charge in [0.15, 0.2) is 0 Å². The zero-order chi connectivity index (χ0) is 17.9. The minimum absolute atomic E-state index is 0.0189. The summed E-state index contributed by atoms with van der Waals surface area (Å²) in [5, 5.41) is 5.66. The molecule has 132 valence electrons. The third-order valence-electron chi connectivity index (χ3n) is 3.76. The summed E-state index contributed by atoms with van der Waals surface area (Å²) < 4.78 is 0. The first-order valence-electron chi connectivity index (χ1n) is 8.45. The van der Waals surface area contributed by atoms with Gasteiger partial charge in [0.2, 0.25) is 11.8 Å². The molecule has 25 heavy (non-hydrogen) atoms. The standard InChI is InChI=1S/C19H24N4O2/c20-16-8-4-5-9-17(16)23-19(25)11-3-1-2-10-18(24)22-14-15-7-6-12-21-13-15/h4-9,12-13H,1-3,10-11,14,20H2,(H,22,24)(H,23,25). The van der Waals surface area contributed by atoms with Crippen LogP contribution in [0.4, 0.5) is 11.4 Å². The van der Waals surface area contributed by atoms with Crippen molar-refractivity contribution in [2.75, 3.05) is 11.1 Å². The summed E-state index contributed by atoms with van der Waals surface area (Å²) in [5.74, 6) is -0.0377. The summed E-state index contributed by atoms with van der Waals surface area (Å²) in [6.07, 6.45) is 6.66. The quantitative estimate of drug-likeness (QED) is 0.483. The highest BCUT2D eigenvalue weighted by atomic mass is 16.2. The number of pyridine rings is 1. The Morgan fingerprint density at radius 1 is 0.960 bits per heavy atom. The zero-order valence-electron chi connectivity index (χ0n) is 14.2. The Morgan fingerprint density at radius 2 is 1.72 bits per heavy atom. The van der Waals surface area contributed by atoms with Crippen LogP contribution in [-0.2, 0) is 16.1 Å². The number of rotatable bonds is 9.